The number of nitrogens with two attached hydrogens (primary N) is 1. The van der Waals surface area contributed by atoms with E-state index in [1.54, 1.807) is 18.2 Å². The average molecular weight is 193 g/mol. The monoisotopic (exact) mass is 193 g/mol. The Morgan fingerprint density at radius 3 is 2.79 bits per heavy atom. The van der Waals surface area contributed by atoms with Crippen LogP contribution in [-0.4, -0.2) is 22.8 Å². The Morgan fingerprint density at radius 1 is 1.50 bits per heavy atom. The summed E-state index contributed by atoms with van der Waals surface area (Å²) in [6.07, 6.45) is 3.08. The van der Waals surface area contributed by atoms with Gasteiger partial charge in [-0.3, -0.25) is 0 Å². The molecule has 74 valence electrons. The fraction of sp³-hybridized carbons (Fsp3) is 0.100. The van der Waals surface area contributed by atoms with Crippen LogP contribution in [0.4, 0.5) is 5.69 Å². The van der Waals surface area contributed by atoms with Crippen molar-refractivity contribution in [3.63, 3.8) is 0 Å². The van der Waals surface area contributed by atoms with Crippen molar-refractivity contribution in [3.8, 4) is 0 Å². The average Bonchev–Trinajstić information content (AvgIpc) is 2.16. The van der Waals surface area contributed by atoms with Gasteiger partial charge in [0.25, 0.3) is 0 Å². The summed E-state index contributed by atoms with van der Waals surface area (Å²) in [5.74, 6) is -1.05. The maximum Gasteiger partial charge on any atom is 0.337 e. The molecule has 0 bridgehead atoms. The molecule has 1 aromatic carbocycles. The Morgan fingerprint density at radius 2 is 2.21 bits per heavy atom. The van der Waals surface area contributed by atoms with Crippen LogP contribution in [-0.2, 0) is 0 Å². The highest BCUT2D eigenvalue weighted by molar-refractivity contribution is 5.95. The first-order valence-electron chi connectivity index (χ1n) is 4.06. The molecule has 0 aliphatic carbocycles. The fourth-order valence-corrected chi connectivity index (χ4v) is 1.09. The van der Waals surface area contributed by atoms with Crippen molar-refractivity contribution in [1.82, 2.24) is 0 Å². The van der Waals surface area contributed by atoms with Crippen molar-refractivity contribution in [2.45, 2.75) is 0 Å². The summed E-state index contributed by atoms with van der Waals surface area (Å²) in [5.41, 5.74) is 6.49. The molecule has 0 fully saturated rings. The number of aromatic carboxylic acids is 1. The van der Waals surface area contributed by atoms with Crippen LogP contribution >= 0.6 is 0 Å². The Balaban J connectivity index is 3.14. The van der Waals surface area contributed by atoms with E-state index in [1.807, 2.05) is 0 Å². The van der Waals surface area contributed by atoms with Gasteiger partial charge in [-0.25, -0.2) is 4.79 Å². The zero-order valence-electron chi connectivity index (χ0n) is 7.47. The number of aliphatic hydroxyl groups is 1. The maximum atomic E-state index is 10.7. The molecule has 0 aromatic heterocycles. The Kier molecular flexibility index (Phi) is 3.25. The fourth-order valence-electron chi connectivity index (χ4n) is 1.09. The summed E-state index contributed by atoms with van der Waals surface area (Å²) in [6, 6.07) is 4.73. The van der Waals surface area contributed by atoms with Gasteiger partial charge in [-0.15, -0.1) is 0 Å². The van der Waals surface area contributed by atoms with Gasteiger partial charge in [0, 0.05) is 0 Å². The number of hydrogen-bond acceptors (Lipinski definition) is 3. The normalized spacial score (nSPS) is 10.6. The molecule has 0 aliphatic heterocycles. The third kappa shape index (κ3) is 2.11. The zero-order valence-corrected chi connectivity index (χ0v) is 7.47. The van der Waals surface area contributed by atoms with Crippen molar-refractivity contribution in [2.75, 3.05) is 12.3 Å². The second-order valence-electron chi connectivity index (χ2n) is 2.70. The topological polar surface area (TPSA) is 83.5 Å². The number of carboxylic acid groups (broad SMARTS) is 1. The Bertz CT molecular complexity index is 372. The molecule has 0 spiro atoms. The highest BCUT2D eigenvalue weighted by Crippen LogP contribution is 2.18. The first-order chi connectivity index (χ1) is 6.66. The van der Waals surface area contributed by atoms with Gasteiger partial charge in [0.15, 0.2) is 0 Å². The lowest BCUT2D eigenvalue weighted by molar-refractivity contribution is 0.0698. The Hall–Kier alpha value is -1.81. The molecular weight excluding hydrogens is 182 g/mol. The van der Waals surface area contributed by atoms with Crippen molar-refractivity contribution in [1.29, 1.82) is 0 Å². The van der Waals surface area contributed by atoms with E-state index in [2.05, 4.69) is 0 Å². The molecular formula is C10H11NO3. The van der Waals surface area contributed by atoms with E-state index in [-0.39, 0.29) is 17.9 Å². The summed E-state index contributed by atoms with van der Waals surface area (Å²) in [7, 11) is 0. The van der Waals surface area contributed by atoms with Crippen LogP contribution in [0.25, 0.3) is 6.08 Å². The lowest BCUT2D eigenvalue weighted by atomic mass is 10.1. The third-order valence-corrected chi connectivity index (χ3v) is 1.77. The van der Waals surface area contributed by atoms with E-state index < -0.39 is 5.97 Å². The molecule has 4 nitrogen and oxygen atoms in total. The van der Waals surface area contributed by atoms with E-state index >= 15 is 0 Å². The number of carbonyl (C=O) groups is 1. The van der Waals surface area contributed by atoms with E-state index in [4.69, 9.17) is 15.9 Å². The van der Waals surface area contributed by atoms with Crippen LogP contribution in [0.5, 0.6) is 0 Å². The highest BCUT2D eigenvalue weighted by Gasteiger charge is 2.08. The molecule has 0 atom stereocenters. The largest absolute Gasteiger partial charge is 0.478 e. The molecule has 14 heavy (non-hydrogen) atoms. The number of para-hydroxylation sites is 1. The van der Waals surface area contributed by atoms with Crippen LogP contribution in [0.1, 0.15) is 15.9 Å². The minimum atomic E-state index is -1.05. The van der Waals surface area contributed by atoms with Gasteiger partial charge in [0.2, 0.25) is 0 Å². The first kappa shape index (κ1) is 10.3. The van der Waals surface area contributed by atoms with Crippen LogP contribution < -0.4 is 5.73 Å². The van der Waals surface area contributed by atoms with Gasteiger partial charge in [-0.1, -0.05) is 24.3 Å². The molecule has 0 amide bonds. The maximum absolute atomic E-state index is 10.7. The van der Waals surface area contributed by atoms with Crippen molar-refractivity contribution in [3.05, 3.63) is 35.4 Å². The number of aliphatic hydroxyl groups excluding tert-OH is 1. The molecule has 1 aromatic rings. The molecule has 4 heteroatoms. The number of hydrogen-bond donors (Lipinski definition) is 3. The van der Waals surface area contributed by atoms with E-state index in [0.29, 0.717) is 5.56 Å². The SMILES string of the molecule is Nc1c(C=CCO)cccc1C(=O)O. The van der Waals surface area contributed by atoms with Gasteiger partial charge >= 0.3 is 5.97 Å². The highest BCUT2D eigenvalue weighted by atomic mass is 16.4. The van der Waals surface area contributed by atoms with Crippen LogP contribution in [0.3, 0.4) is 0 Å². The van der Waals surface area contributed by atoms with Gasteiger partial charge in [0.05, 0.1) is 17.9 Å². The molecule has 0 unspecified atom stereocenters. The standard InChI is InChI=1S/C10H11NO3/c11-9-7(4-2-6-12)3-1-5-8(9)10(13)14/h1-5,12H,6,11H2,(H,13,14). The van der Waals surface area contributed by atoms with Crippen LogP contribution in [0.15, 0.2) is 24.3 Å². The molecule has 1 rings (SSSR count). The summed E-state index contributed by atoms with van der Waals surface area (Å²) in [4.78, 5) is 10.7. The number of nitrogen functional groups attached to an aromatic ring is 1. The molecule has 0 saturated carbocycles. The minimum Gasteiger partial charge on any atom is -0.478 e. The number of rotatable bonds is 3. The van der Waals surface area contributed by atoms with E-state index in [9.17, 15) is 4.79 Å². The molecule has 0 aliphatic rings. The van der Waals surface area contributed by atoms with Crippen LogP contribution in [0, 0.1) is 0 Å². The van der Waals surface area contributed by atoms with Gasteiger partial charge in [-0.2, -0.15) is 0 Å². The summed E-state index contributed by atoms with van der Waals surface area (Å²) < 4.78 is 0. The summed E-state index contributed by atoms with van der Waals surface area (Å²) in [5, 5.41) is 17.3. The minimum absolute atomic E-state index is 0.0742. The molecule has 4 N–H and O–H groups in total. The molecule has 0 radical (unpaired) electrons. The van der Waals surface area contributed by atoms with Gasteiger partial charge < -0.3 is 15.9 Å². The zero-order chi connectivity index (χ0) is 10.6. The quantitative estimate of drug-likeness (QED) is 0.624. The van der Waals surface area contributed by atoms with E-state index in [0.717, 1.165) is 0 Å². The van der Waals surface area contributed by atoms with E-state index in [1.165, 1.54) is 12.1 Å². The van der Waals surface area contributed by atoms with Crippen molar-refractivity contribution < 1.29 is 15.0 Å². The molecule has 0 heterocycles. The third-order valence-electron chi connectivity index (χ3n) is 1.77. The number of anilines is 1. The summed E-state index contributed by atoms with van der Waals surface area (Å²) in [6.45, 7) is -0.100. The smallest absolute Gasteiger partial charge is 0.337 e. The number of benzene rings is 1. The number of carboxylic acids is 1. The van der Waals surface area contributed by atoms with Gasteiger partial charge in [0.1, 0.15) is 0 Å². The van der Waals surface area contributed by atoms with Gasteiger partial charge in [-0.05, 0) is 11.6 Å². The lowest BCUT2D eigenvalue weighted by Gasteiger charge is -2.03. The second kappa shape index (κ2) is 4.43. The van der Waals surface area contributed by atoms with Crippen molar-refractivity contribution >= 4 is 17.7 Å². The second-order valence-corrected chi connectivity index (χ2v) is 2.70. The predicted molar refractivity (Wildman–Crippen MR) is 53.9 cm³/mol. The van der Waals surface area contributed by atoms with Crippen LogP contribution in [0.2, 0.25) is 0 Å². The lowest BCUT2D eigenvalue weighted by Crippen LogP contribution is -2.03. The Labute approximate surface area is 81.3 Å². The van der Waals surface area contributed by atoms with Crippen molar-refractivity contribution in [2.24, 2.45) is 0 Å². The molecule has 0 saturated heterocycles. The summed E-state index contributed by atoms with van der Waals surface area (Å²) >= 11 is 0. The first-order valence-corrected chi connectivity index (χ1v) is 4.06. The predicted octanol–water partition coefficient (Wildman–Crippen LogP) is 0.973.